The average molecular weight is 360 g/mol. The Kier molecular flexibility index (Phi) is 7.27. The van der Waals surface area contributed by atoms with Crippen molar-refractivity contribution in [2.24, 2.45) is 0 Å². The summed E-state index contributed by atoms with van der Waals surface area (Å²) in [5, 5.41) is 16.6. The minimum absolute atomic E-state index is 0.00602. The predicted octanol–water partition coefficient (Wildman–Crippen LogP) is 1.60. The molecule has 0 aliphatic carbocycles. The smallest absolute Gasteiger partial charge is 0.283 e. The van der Waals surface area contributed by atoms with Crippen LogP contribution in [0.25, 0.3) is 0 Å². The van der Waals surface area contributed by atoms with Crippen molar-refractivity contribution in [1.82, 2.24) is 10.6 Å². The van der Waals surface area contributed by atoms with E-state index >= 15 is 0 Å². The molecule has 1 aromatic carbocycles. The molecule has 21 heavy (non-hydrogen) atoms. The number of rotatable bonds is 8. The summed E-state index contributed by atoms with van der Waals surface area (Å²) in [5.74, 6) is -0.140. The van der Waals surface area contributed by atoms with Crippen LogP contribution in [0.3, 0.4) is 0 Å². The molecule has 0 heterocycles. The van der Waals surface area contributed by atoms with Crippen molar-refractivity contribution in [2.45, 2.75) is 19.5 Å². The molecule has 1 rings (SSSR count). The number of amides is 1. The molecule has 1 atom stereocenters. The molecule has 0 bridgehead atoms. The van der Waals surface area contributed by atoms with Gasteiger partial charge in [0.1, 0.15) is 0 Å². The van der Waals surface area contributed by atoms with Crippen LogP contribution in [0.4, 0.5) is 5.69 Å². The lowest BCUT2D eigenvalue weighted by atomic mass is 10.2. The fourth-order valence-corrected chi connectivity index (χ4v) is 1.99. The largest absolute Gasteiger partial charge is 0.383 e. The molecule has 0 saturated heterocycles. The van der Waals surface area contributed by atoms with Crippen LogP contribution in [0.2, 0.25) is 0 Å². The highest BCUT2D eigenvalue weighted by atomic mass is 79.9. The SMILES string of the molecule is COCCNC(=O)C(C)NCc1ccc(Br)c([N+](=O)[O-])c1. The Morgan fingerprint density at radius 3 is 2.86 bits per heavy atom. The van der Waals surface area contributed by atoms with Gasteiger partial charge in [0.15, 0.2) is 0 Å². The van der Waals surface area contributed by atoms with E-state index in [0.717, 1.165) is 5.56 Å². The van der Waals surface area contributed by atoms with Crippen LogP contribution in [0.1, 0.15) is 12.5 Å². The summed E-state index contributed by atoms with van der Waals surface area (Å²) in [4.78, 5) is 22.1. The third-order valence-electron chi connectivity index (χ3n) is 2.82. The van der Waals surface area contributed by atoms with Gasteiger partial charge in [-0.25, -0.2) is 0 Å². The van der Waals surface area contributed by atoms with Crippen LogP contribution in [-0.4, -0.2) is 37.1 Å². The van der Waals surface area contributed by atoms with Crippen molar-refractivity contribution in [3.63, 3.8) is 0 Å². The minimum Gasteiger partial charge on any atom is -0.383 e. The van der Waals surface area contributed by atoms with Gasteiger partial charge in [-0.15, -0.1) is 0 Å². The quantitative estimate of drug-likeness (QED) is 0.417. The molecule has 1 unspecified atom stereocenters. The predicted molar refractivity (Wildman–Crippen MR) is 82.0 cm³/mol. The number of hydrogen-bond acceptors (Lipinski definition) is 5. The van der Waals surface area contributed by atoms with E-state index in [4.69, 9.17) is 4.74 Å². The van der Waals surface area contributed by atoms with E-state index in [-0.39, 0.29) is 11.6 Å². The third kappa shape index (κ3) is 5.78. The van der Waals surface area contributed by atoms with Gasteiger partial charge >= 0.3 is 0 Å². The maximum Gasteiger partial charge on any atom is 0.283 e. The number of hydrogen-bond donors (Lipinski definition) is 2. The molecule has 1 aromatic rings. The maximum absolute atomic E-state index is 11.7. The second kappa shape index (κ2) is 8.71. The number of ether oxygens (including phenoxy) is 1. The molecule has 8 heteroatoms. The van der Waals surface area contributed by atoms with Crippen molar-refractivity contribution >= 4 is 27.5 Å². The van der Waals surface area contributed by atoms with Crippen LogP contribution in [0.15, 0.2) is 22.7 Å². The molecular formula is C13H18BrN3O4. The maximum atomic E-state index is 11.7. The van der Waals surface area contributed by atoms with Crippen LogP contribution in [0, 0.1) is 10.1 Å². The molecule has 0 spiro atoms. The first-order valence-corrected chi connectivity index (χ1v) is 7.18. The molecular weight excluding hydrogens is 342 g/mol. The van der Waals surface area contributed by atoms with Gasteiger partial charge < -0.3 is 15.4 Å². The highest BCUT2D eigenvalue weighted by molar-refractivity contribution is 9.10. The van der Waals surface area contributed by atoms with E-state index in [9.17, 15) is 14.9 Å². The summed E-state index contributed by atoms with van der Waals surface area (Å²) in [6.45, 7) is 3.00. The zero-order valence-corrected chi connectivity index (χ0v) is 13.5. The number of nitro benzene ring substituents is 1. The highest BCUT2D eigenvalue weighted by Gasteiger charge is 2.14. The summed E-state index contributed by atoms with van der Waals surface area (Å²) in [6, 6.07) is 4.47. The number of nitrogens with one attached hydrogen (secondary N) is 2. The van der Waals surface area contributed by atoms with Crippen molar-refractivity contribution in [1.29, 1.82) is 0 Å². The van der Waals surface area contributed by atoms with Crippen LogP contribution in [0.5, 0.6) is 0 Å². The average Bonchev–Trinajstić information content (AvgIpc) is 2.45. The zero-order valence-electron chi connectivity index (χ0n) is 11.9. The topological polar surface area (TPSA) is 93.5 Å². The second-order valence-corrected chi connectivity index (χ2v) is 5.28. The molecule has 0 aliphatic rings. The van der Waals surface area contributed by atoms with E-state index in [1.165, 1.54) is 6.07 Å². The van der Waals surface area contributed by atoms with Crippen LogP contribution in [-0.2, 0) is 16.1 Å². The number of methoxy groups -OCH3 is 1. The first kappa shape index (κ1) is 17.5. The fourth-order valence-electron chi connectivity index (χ4n) is 1.60. The van der Waals surface area contributed by atoms with Gasteiger partial charge in [0, 0.05) is 26.3 Å². The Bertz CT molecular complexity index is 510. The lowest BCUT2D eigenvalue weighted by Gasteiger charge is -2.14. The van der Waals surface area contributed by atoms with Gasteiger partial charge in [-0.2, -0.15) is 0 Å². The second-order valence-electron chi connectivity index (χ2n) is 4.43. The number of nitrogens with zero attached hydrogens (tertiary/aromatic N) is 1. The molecule has 0 saturated carbocycles. The monoisotopic (exact) mass is 359 g/mol. The van der Waals surface area contributed by atoms with Crippen molar-refractivity contribution < 1.29 is 14.5 Å². The minimum atomic E-state index is -0.450. The first-order valence-electron chi connectivity index (χ1n) is 6.38. The standard InChI is InChI=1S/C13H18BrN3O4/c1-9(13(18)15-5-6-21-2)16-8-10-3-4-11(14)12(7-10)17(19)20/h3-4,7,9,16H,5-6,8H2,1-2H3,(H,15,18). The van der Waals surface area contributed by atoms with Gasteiger partial charge in [0.05, 0.1) is 22.0 Å². The van der Waals surface area contributed by atoms with Gasteiger partial charge in [-0.1, -0.05) is 6.07 Å². The molecule has 116 valence electrons. The molecule has 0 radical (unpaired) electrons. The van der Waals surface area contributed by atoms with Crippen molar-refractivity contribution in [3.05, 3.63) is 38.3 Å². The van der Waals surface area contributed by atoms with Crippen LogP contribution >= 0.6 is 15.9 Å². The van der Waals surface area contributed by atoms with E-state index < -0.39 is 11.0 Å². The van der Waals surface area contributed by atoms with E-state index in [1.54, 1.807) is 26.2 Å². The Morgan fingerprint density at radius 2 is 2.24 bits per heavy atom. The lowest BCUT2D eigenvalue weighted by Crippen LogP contribution is -2.42. The van der Waals surface area contributed by atoms with Gasteiger partial charge in [0.25, 0.3) is 5.69 Å². The Labute approximate surface area is 131 Å². The molecule has 0 aliphatic heterocycles. The molecule has 7 nitrogen and oxygen atoms in total. The van der Waals surface area contributed by atoms with E-state index in [2.05, 4.69) is 26.6 Å². The number of nitro groups is 1. The fraction of sp³-hybridized carbons (Fsp3) is 0.462. The molecule has 1 amide bonds. The molecule has 0 fully saturated rings. The number of carbonyl (C=O) groups excluding carboxylic acids is 1. The normalized spacial score (nSPS) is 12.0. The van der Waals surface area contributed by atoms with Gasteiger partial charge in [0.2, 0.25) is 5.91 Å². The van der Waals surface area contributed by atoms with Gasteiger partial charge in [-0.3, -0.25) is 14.9 Å². The van der Waals surface area contributed by atoms with E-state index in [1.807, 2.05) is 0 Å². The van der Waals surface area contributed by atoms with Crippen molar-refractivity contribution in [2.75, 3.05) is 20.3 Å². The summed E-state index contributed by atoms with van der Waals surface area (Å²) in [7, 11) is 1.56. The Balaban J connectivity index is 2.53. The summed E-state index contributed by atoms with van der Waals surface area (Å²) >= 11 is 3.13. The Hall–Kier alpha value is -1.51. The number of halogens is 1. The third-order valence-corrected chi connectivity index (χ3v) is 3.49. The molecule has 0 aromatic heterocycles. The van der Waals surface area contributed by atoms with Gasteiger partial charge in [-0.05, 0) is 34.5 Å². The summed E-state index contributed by atoms with van der Waals surface area (Å²) in [6.07, 6.45) is 0. The number of carbonyl (C=O) groups is 1. The Morgan fingerprint density at radius 1 is 1.52 bits per heavy atom. The summed E-state index contributed by atoms with van der Waals surface area (Å²) in [5.41, 5.74) is 0.743. The molecule has 2 N–H and O–H groups in total. The highest BCUT2D eigenvalue weighted by Crippen LogP contribution is 2.25. The number of benzene rings is 1. The first-order chi connectivity index (χ1) is 9.95. The summed E-state index contributed by atoms with van der Waals surface area (Å²) < 4.78 is 5.28. The lowest BCUT2D eigenvalue weighted by molar-refractivity contribution is -0.385. The van der Waals surface area contributed by atoms with E-state index in [0.29, 0.717) is 24.2 Å². The van der Waals surface area contributed by atoms with Crippen molar-refractivity contribution in [3.8, 4) is 0 Å². The zero-order chi connectivity index (χ0) is 15.8. The van der Waals surface area contributed by atoms with Crippen LogP contribution < -0.4 is 10.6 Å².